The lowest BCUT2D eigenvalue weighted by molar-refractivity contribution is -0.204. The van der Waals surface area contributed by atoms with Crippen LogP contribution < -0.4 is 0 Å². The highest BCUT2D eigenvalue weighted by atomic mass is 19.3. The maximum absolute atomic E-state index is 12.8. The smallest absolute Gasteiger partial charge is 0.245 e. The number of halogens is 2. The summed E-state index contributed by atoms with van der Waals surface area (Å²) in [6.07, 6.45) is 2.07. The molecular formula is C7H11F2N. The highest BCUT2D eigenvalue weighted by Crippen LogP contribution is 2.40. The second kappa shape index (κ2) is 1.91. The van der Waals surface area contributed by atoms with Gasteiger partial charge < -0.3 is 0 Å². The lowest BCUT2D eigenvalue weighted by Crippen LogP contribution is -2.53. The number of rotatable bonds is 0. The molecule has 0 aromatic rings. The van der Waals surface area contributed by atoms with E-state index in [4.69, 9.17) is 0 Å². The van der Waals surface area contributed by atoms with E-state index in [1.807, 2.05) is 0 Å². The fourth-order valence-corrected chi connectivity index (χ4v) is 1.94. The summed E-state index contributed by atoms with van der Waals surface area (Å²) in [5.74, 6) is 0.306. The number of nitrogens with zero attached hydrogens (tertiary/aromatic N) is 1. The third-order valence-electron chi connectivity index (χ3n) is 2.61. The zero-order valence-electron chi connectivity index (χ0n) is 5.82. The Balaban J connectivity index is 2.15. The van der Waals surface area contributed by atoms with Crippen LogP contribution >= 0.6 is 0 Å². The standard InChI is InChI=1S/C7H11F2N/c8-7(9)5-6-1-3-10(7)4-2-6/h6H,1-5H2. The van der Waals surface area contributed by atoms with Crippen LogP contribution in [-0.2, 0) is 0 Å². The van der Waals surface area contributed by atoms with Crippen molar-refractivity contribution < 1.29 is 8.78 Å². The topological polar surface area (TPSA) is 3.24 Å². The van der Waals surface area contributed by atoms with E-state index in [0.29, 0.717) is 19.0 Å². The zero-order chi connectivity index (χ0) is 7.19. The van der Waals surface area contributed by atoms with Crippen molar-refractivity contribution in [3.8, 4) is 0 Å². The highest BCUT2D eigenvalue weighted by molar-refractivity contribution is 4.86. The van der Waals surface area contributed by atoms with E-state index < -0.39 is 6.05 Å². The van der Waals surface area contributed by atoms with Crippen LogP contribution in [0.1, 0.15) is 19.3 Å². The lowest BCUT2D eigenvalue weighted by atomic mass is 9.87. The maximum Gasteiger partial charge on any atom is 0.305 e. The van der Waals surface area contributed by atoms with E-state index >= 15 is 0 Å². The van der Waals surface area contributed by atoms with Gasteiger partial charge in [-0.2, -0.15) is 8.78 Å². The first kappa shape index (κ1) is 6.53. The predicted octanol–water partition coefficient (Wildman–Crippen LogP) is 1.69. The molecule has 0 saturated carbocycles. The van der Waals surface area contributed by atoms with Crippen molar-refractivity contribution in [2.45, 2.75) is 25.3 Å². The van der Waals surface area contributed by atoms with Gasteiger partial charge in [0, 0.05) is 19.5 Å². The van der Waals surface area contributed by atoms with Crippen LogP contribution in [0.4, 0.5) is 8.78 Å². The Kier molecular flexibility index (Phi) is 1.24. The molecule has 3 fully saturated rings. The summed E-state index contributed by atoms with van der Waals surface area (Å²) < 4.78 is 25.7. The van der Waals surface area contributed by atoms with Crippen LogP contribution in [0.3, 0.4) is 0 Å². The lowest BCUT2D eigenvalue weighted by Gasteiger charge is -2.44. The average Bonchev–Trinajstić information content (AvgIpc) is 1.87. The van der Waals surface area contributed by atoms with Gasteiger partial charge >= 0.3 is 6.05 Å². The molecule has 0 atom stereocenters. The van der Waals surface area contributed by atoms with E-state index in [-0.39, 0.29) is 6.42 Å². The van der Waals surface area contributed by atoms with Crippen molar-refractivity contribution in [3.63, 3.8) is 0 Å². The summed E-state index contributed by atoms with van der Waals surface area (Å²) >= 11 is 0. The van der Waals surface area contributed by atoms with Gasteiger partial charge in [-0.3, -0.25) is 0 Å². The summed E-state index contributed by atoms with van der Waals surface area (Å²) in [6.45, 7) is 1.22. The molecule has 0 amide bonds. The first-order valence-corrected chi connectivity index (χ1v) is 3.81. The van der Waals surface area contributed by atoms with Crippen LogP contribution in [0.25, 0.3) is 0 Å². The molecule has 3 rings (SSSR count). The second-order valence-corrected chi connectivity index (χ2v) is 3.30. The molecule has 58 valence electrons. The Hall–Kier alpha value is -0.180. The molecule has 0 aromatic carbocycles. The molecule has 0 unspecified atom stereocenters. The van der Waals surface area contributed by atoms with Crippen molar-refractivity contribution in [1.29, 1.82) is 0 Å². The van der Waals surface area contributed by atoms with Gasteiger partial charge in [-0.05, 0) is 18.8 Å². The fourth-order valence-electron chi connectivity index (χ4n) is 1.94. The predicted molar refractivity (Wildman–Crippen MR) is 33.9 cm³/mol. The summed E-state index contributed by atoms with van der Waals surface area (Å²) in [5.41, 5.74) is 0. The molecule has 10 heavy (non-hydrogen) atoms. The minimum Gasteiger partial charge on any atom is -0.245 e. The molecule has 3 heterocycles. The summed E-state index contributed by atoms with van der Waals surface area (Å²) in [5, 5.41) is 0. The summed E-state index contributed by atoms with van der Waals surface area (Å²) in [7, 11) is 0. The van der Waals surface area contributed by atoms with Gasteiger partial charge in [0.2, 0.25) is 0 Å². The number of alkyl halides is 2. The van der Waals surface area contributed by atoms with Crippen molar-refractivity contribution in [2.24, 2.45) is 5.92 Å². The van der Waals surface area contributed by atoms with Gasteiger partial charge in [-0.1, -0.05) is 0 Å². The monoisotopic (exact) mass is 147 g/mol. The van der Waals surface area contributed by atoms with Gasteiger partial charge in [-0.25, -0.2) is 4.90 Å². The molecule has 0 N–H and O–H groups in total. The third kappa shape index (κ3) is 0.839. The normalized spacial score (nSPS) is 43.8. The van der Waals surface area contributed by atoms with Gasteiger partial charge in [0.05, 0.1) is 0 Å². The molecule has 3 heteroatoms. The Morgan fingerprint density at radius 1 is 1.20 bits per heavy atom. The van der Waals surface area contributed by atoms with Crippen LogP contribution in [0.15, 0.2) is 0 Å². The average molecular weight is 147 g/mol. The molecule has 0 aliphatic carbocycles. The second-order valence-electron chi connectivity index (χ2n) is 3.30. The van der Waals surface area contributed by atoms with Gasteiger partial charge in [0.25, 0.3) is 0 Å². The number of hydrogen-bond donors (Lipinski definition) is 0. The first-order valence-electron chi connectivity index (χ1n) is 3.81. The van der Waals surface area contributed by atoms with E-state index in [1.165, 1.54) is 4.90 Å². The number of fused-ring (bicyclic) bond motifs is 3. The summed E-state index contributed by atoms with van der Waals surface area (Å²) in [4.78, 5) is 1.31. The number of hydrogen-bond acceptors (Lipinski definition) is 1. The van der Waals surface area contributed by atoms with Gasteiger partial charge in [0.1, 0.15) is 0 Å². The molecule has 1 nitrogen and oxygen atoms in total. The number of piperidine rings is 3. The van der Waals surface area contributed by atoms with E-state index in [0.717, 1.165) is 12.8 Å². The Labute approximate surface area is 59.0 Å². The summed E-state index contributed by atoms with van der Waals surface area (Å²) in [6, 6.07) is -2.47. The fraction of sp³-hybridized carbons (Fsp3) is 1.00. The van der Waals surface area contributed by atoms with E-state index in [9.17, 15) is 8.78 Å². The molecule has 0 spiro atoms. The van der Waals surface area contributed by atoms with Crippen molar-refractivity contribution in [1.82, 2.24) is 4.90 Å². The van der Waals surface area contributed by atoms with E-state index in [1.54, 1.807) is 0 Å². The minimum absolute atomic E-state index is 0.104. The largest absolute Gasteiger partial charge is 0.305 e. The van der Waals surface area contributed by atoms with Crippen LogP contribution in [0.5, 0.6) is 0 Å². The molecule has 0 radical (unpaired) electrons. The third-order valence-corrected chi connectivity index (χ3v) is 2.61. The quantitative estimate of drug-likeness (QED) is 0.471. The van der Waals surface area contributed by atoms with Crippen LogP contribution in [-0.4, -0.2) is 24.0 Å². The maximum atomic E-state index is 12.8. The molecule has 0 aromatic heterocycles. The zero-order valence-corrected chi connectivity index (χ0v) is 5.82. The molecule has 3 aliphatic rings. The Morgan fingerprint density at radius 2 is 1.80 bits per heavy atom. The molecule has 3 aliphatic heterocycles. The van der Waals surface area contributed by atoms with E-state index in [2.05, 4.69) is 0 Å². The van der Waals surface area contributed by atoms with Crippen molar-refractivity contribution in [2.75, 3.05) is 13.1 Å². The van der Waals surface area contributed by atoms with Crippen molar-refractivity contribution >= 4 is 0 Å². The first-order chi connectivity index (χ1) is 4.68. The molecular weight excluding hydrogens is 136 g/mol. The van der Waals surface area contributed by atoms with Crippen LogP contribution in [0, 0.1) is 5.92 Å². The van der Waals surface area contributed by atoms with Gasteiger partial charge in [0.15, 0.2) is 0 Å². The molecule has 3 saturated heterocycles. The Morgan fingerprint density at radius 3 is 2.00 bits per heavy atom. The van der Waals surface area contributed by atoms with Gasteiger partial charge in [-0.15, -0.1) is 0 Å². The minimum atomic E-state index is -2.47. The van der Waals surface area contributed by atoms with Crippen molar-refractivity contribution in [3.05, 3.63) is 0 Å². The SMILES string of the molecule is FC1(F)CC2CCN1CC2. The molecule has 2 bridgehead atoms. The highest BCUT2D eigenvalue weighted by Gasteiger charge is 2.46. The van der Waals surface area contributed by atoms with Crippen LogP contribution in [0.2, 0.25) is 0 Å². The Bertz CT molecular complexity index is 139.